The Bertz CT molecular complexity index is 809. The number of carboxylic acid groups (broad SMARTS) is 1. The van der Waals surface area contributed by atoms with Crippen molar-refractivity contribution in [2.45, 2.75) is 6.92 Å². The molecule has 0 unspecified atom stereocenters. The second-order valence-corrected chi connectivity index (χ2v) is 4.67. The summed E-state index contributed by atoms with van der Waals surface area (Å²) in [5.41, 5.74) is 3.62. The van der Waals surface area contributed by atoms with Crippen molar-refractivity contribution in [3.8, 4) is 11.3 Å². The molecule has 0 amide bonds. The van der Waals surface area contributed by atoms with Gasteiger partial charge in [-0.15, -0.1) is 0 Å². The Labute approximate surface area is 116 Å². The first kappa shape index (κ1) is 12.4. The average molecular weight is 263 g/mol. The maximum Gasteiger partial charge on any atom is 0.335 e. The SMILES string of the molecule is Cc1c(C(=O)O)cccc1-c1ccc2ccccc2n1. The molecule has 3 rings (SSSR count). The summed E-state index contributed by atoms with van der Waals surface area (Å²) in [5.74, 6) is -0.912. The van der Waals surface area contributed by atoms with Gasteiger partial charge in [0.1, 0.15) is 0 Å². The Morgan fingerprint density at radius 3 is 2.60 bits per heavy atom. The summed E-state index contributed by atoms with van der Waals surface area (Å²) in [6.07, 6.45) is 0. The highest BCUT2D eigenvalue weighted by atomic mass is 16.4. The van der Waals surface area contributed by atoms with Crippen LogP contribution in [-0.2, 0) is 0 Å². The molecule has 0 spiro atoms. The minimum Gasteiger partial charge on any atom is -0.478 e. The first-order chi connectivity index (χ1) is 9.66. The molecule has 3 nitrogen and oxygen atoms in total. The van der Waals surface area contributed by atoms with Crippen LogP contribution in [0.3, 0.4) is 0 Å². The van der Waals surface area contributed by atoms with Crippen molar-refractivity contribution in [3.63, 3.8) is 0 Å². The molecule has 3 aromatic rings. The quantitative estimate of drug-likeness (QED) is 0.762. The highest BCUT2D eigenvalue weighted by molar-refractivity contribution is 5.92. The van der Waals surface area contributed by atoms with Crippen molar-refractivity contribution < 1.29 is 9.90 Å². The van der Waals surface area contributed by atoms with Gasteiger partial charge >= 0.3 is 5.97 Å². The Morgan fingerprint density at radius 1 is 1.00 bits per heavy atom. The second kappa shape index (κ2) is 4.78. The maximum absolute atomic E-state index is 11.2. The van der Waals surface area contributed by atoms with E-state index >= 15 is 0 Å². The van der Waals surface area contributed by atoms with Crippen molar-refractivity contribution in [1.82, 2.24) is 4.98 Å². The number of para-hydroxylation sites is 1. The number of benzene rings is 2. The lowest BCUT2D eigenvalue weighted by atomic mass is 9.99. The fourth-order valence-electron chi connectivity index (χ4n) is 2.36. The number of hydrogen-bond donors (Lipinski definition) is 1. The van der Waals surface area contributed by atoms with Crippen molar-refractivity contribution in [2.75, 3.05) is 0 Å². The molecule has 0 aliphatic heterocycles. The zero-order chi connectivity index (χ0) is 14.1. The summed E-state index contributed by atoms with van der Waals surface area (Å²) in [5, 5.41) is 10.3. The molecule has 2 aromatic carbocycles. The summed E-state index contributed by atoms with van der Waals surface area (Å²) in [6.45, 7) is 1.82. The standard InChI is InChI=1S/C17H13NO2/c1-11-13(6-4-7-14(11)17(19)20)16-10-9-12-5-2-3-8-15(12)18-16/h2-10H,1H3,(H,19,20). The van der Waals surface area contributed by atoms with Crippen molar-refractivity contribution in [3.05, 3.63) is 65.7 Å². The van der Waals surface area contributed by atoms with E-state index in [1.54, 1.807) is 12.1 Å². The average Bonchev–Trinajstić information content (AvgIpc) is 2.46. The van der Waals surface area contributed by atoms with Gasteiger partial charge in [0.15, 0.2) is 0 Å². The lowest BCUT2D eigenvalue weighted by molar-refractivity contribution is 0.0696. The van der Waals surface area contributed by atoms with E-state index in [1.807, 2.05) is 49.4 Å². The molecule has 0 saturated heterocycles. The summed E-state index contributed by atoms with van der Waals surface area (Å²) in [7, 11) is 0. The third kappa shape index (κ3) is 2.03. The number of aromatic carboxylic acids is 1. The van der Waals surface area contributed by atoms with Gasteiger partial charge in [0.05, 0.1) is 16.8 Å². The van der Waals surface area contributed by atoms with Crippen LogP contribution < -0.4 is 0 Å². The largest absolute Gasteiger partial charge is 0.478 e. The molecule has 98 valence electrons. The molecule has 1 N–H and O–H groups in total. The highest BCUT2D eigenvalue weighted by Crippen LogP contribution is 2.26. The molecule has 0 aliphatic carbocycles. The number of aromatic nitrogens is 1. The van der Waals surface area contributed by atoms with Gasteiger partial charge in [-0.3, -0.25) is 0 Å². The van der Waals surface area contributed by atoms with Crippen molar-refractivity contribution in [1.29, 1.82) is 0 Å². The molecular weight excluding hydrogens is 250 g/mol. The number of hydrogen-bond acceptors (Lipinski definition) is 2. The second-order valence-electron chi connectivity index (χ2n) is 4.67. The fourth-order valence-corrected chi connectivity index (χ4v) is 2.36. The molecule has 1 aromatic heterocycles. The van der Waals surface area contributed by atoms with Crippen LogP contribution in [0.4, 0.5) is 0 Å². The van der Waals surface area contributed by atoms with Crippen LogP contribution in [0.2, 0.25) is 0 Å². The summed E-state index contributed by atoms with van der Waals surface area (Å²) >= 11 is 0. The van der Waals surface area contributed by atoms with E-state index in [2.05, 4.69) is 4.98 Å². The van der Waals surface area contributed by atoms with Crippen LogP contribution in [0.25, 0.3) is 22.2 Å². The normalized spacial score (nSPS) is 10.7. The Balaban J connectivity index is 2.20. The lowest BCUT2D eigenvalue weighted by Crippen LogP contribution is -2.01. The number of nitrogens with zero attached hydrogens (tertiary/aromatic N) is 1. The first-order valence-electron chi connectivity index (χ1n) is 6.36. The van der Waals surface area contributed by atoms with Gasteiger partial charge < -0.3 is 5.11 Å². The van der Waals surface area contributed by atoms with Gasteiger partial charge in [0.2, 0.25) is 0 Å². The van der Waals surface area contributed by atoms with Gasteiger partial charge in [-0.2, -0.15) is 0 Å². The number of carboxylic acids is 1. The molecule has 0 atom stereocenters. The number of fused-ring (bicyclic) bond motifs is 1. The molecule has 1 heterocycles. The predicted molar refractivity (Wildman–Crippen MR) is 78.9 cm³/mol. The summed E-state index contributed by atoms with van der Waals surface area (Å²) in [4.78, 5) is 15.8. The van der Waals surface area contributed by atoms with Crippen molar-refractivity contribution >= 4 is 16.9 Å². The van der Waals surface area contributed by atoms with Gasteiger partial charge in [-0.1, -0.05) is 36.4 Å². The summed E-state index contributed by atoms with van der Waals surface area (Å²) in [6, 6.07) is 17.1. The predicted octanol–water partition coefficient (Wildman–Crippen LogP) is 3.91. The van der Waals surface area contributed by atoms with E-state index in [4.69, 9.17) is 0 Å². The van der Waals surface area contributed by atoms with Crippen LogP contribution in [0, 0.1) is 6.92 Å². The van der Waals surface area contributed by atoms with E-state index < -0.39 is 5.97 Å². The van der Waals surface area contributed by atoms with Crippen LogP contribution in [0.1, 0.15) is 15.9 Å². The molecular formula is C17H13NO2. The van der Waals surface area contributed by atoms with Gasteiger partial charge in [-0.05, 0) is 30.7 Å². The molecule has 0 radical (unpaired) electrons. The molecule has 0 aliphatic rings. The van der Waals surface area contributed by atoms with E-state index in [1.165, 1.54) is 0 Å². The third-order valence-corrected chi connectivity index (χ3v) is 3.44. The first-order valence-corrected chi connectivity index (χ1v) is 6.36. The minimum atomic E-state index is -0.912. The molecule has 0 bridgehead atoms. The van der Waals surface area contributed by atoms with Gasteiger partial charge in [0, 0.05) is 10.9 Å². The topological polar surface area (TPSA) is 50.2 Å². The van der Waals surface area contributed by atoms with Crippen LogP contribution in [0.5, 0.6) is 0 Å². The minimum absolute atomic E-state index is 0.317. The van der Waals surface area contributed by atoms with Crippen molar-refractivity contribution in [2.24, 2.45) is 0 Å². The lowest BCUT2D eigenvalue weighted by Gasteiger charge is -2.09. The zero-order valence-corrected chi connectivity index (χ0v) is 11.0. The molecule has 20 heavy (non-hydrogen) atoms. The van der Waals surface area contributed by atoms with Gasteiger partial charge in [-0.25, -0.2) is 9.78 Å². The fraction of sp³-hybridized carbons (Fsp3) is 0.0588. The van der Waals surface area contributed by atoms with Crippen LogP contribution in [-0.4, -0.2) is 16.1 Å². The molecule has 0 fully saturated rings. The summed E-state index contributed by atoms with van der Waals surface area (Å²) < 4.78 is 0. The maximum atomic E-state index is 11.2. The number of carbonyl (C=O) groups is 1. The number of rotatable bonds is 2. The molecule has 0 saturated carbocycles. The Hall–Kier alpha value is -2.68. The third-order valence-electron chi connectivity index (χ3n) is 3.44. The van der Waals surface area contributed by atoms with E-state index in [0.717, 1.165) is 27.7 Å². The van der Waals surface area contributed by atoms with Crippen LogP contribution in [0.15, 0.2) is 54.6 Å². The van der Waals surface area contributed by atoms with E-state index in [-0.39, 0.29) is 0 Å². The van der Waals surface area contributed by atoms with Gasteiger partial charge in [0.25, 0.3) is 0 Å². The Kier molecular flexibility index (Phi) is 2.95. The zero-order valence-electron chi connectivity index (χ0n) is 11.0. The monoisotopic (exact) mass is 263 g/mol. The number of pyridine rings is 1. The van der Waals surface area contributed by atoms with E-state index in [9.17, 15) is 9.90 Å². The Morgan fingerprint density at radius 2 is 1.80 bits per heavy atom. The van der Waals surface area contributed by atoms with Crippen LogP contribution >= 0.6 is 0 Å². The van der Waals surface area contributed by atoms with E-state index in [0.29, 0.717) is 5.56 Å². The molecule has 3 heteroatoms. The highest BCUT2D eigenvalue weighted by Gasteiger charge is 2.12. The smallest absolute Gasteiger partial charge is 0.335 e.